The summed E-state index contributed by atoms with van der Waals surface area (Å²) in [5.74, 6) is 0.572. The molecule has 0 bridgehead atoms. The van der Waals surface area contributed by atoms with Crippen molar-refractivity contribution >= 4 is 22.4 Å². The topological polar surface area (TPSA) is 62.5 Å². The molecule has 0 saturated carbocycles. The fraction of sp³-hybridized carbons (Fsp3) is 0.350. The molecule has 3 heterocycles. The third-order valence-electron chi connectivity index (χ3n) is 4.78. The van der Waals surface area contributed by atoms with Crippen molar-refractivity contribution in [3.63, 3.8) is 0 Å². The number of aryl methyl sites for hydroxylation is 1. The zero-order valence-corrected chi connectivity index (χ0v) is 16.2. The Balaban J connectivity index is 1.32. The highest BCUT2D eigenvalue weighted by atomic mass is 32.1. The minimum Gasteiger partial charge on any atom is -0.441 e. The Kier molecular flexibility index (Phi) is 5.66. The van der Waals surface area contributed by atoms with Crippen LogP contribution in [0.5, 0.6) is 0 Å². The molecule has 0 radical (unpaired) electrons. The molecule has 1 aliphatic heterocycles. The molecule has 3 aromatic rings. The van der Waals surface area contributed by atoms with Gasteiger partial charge in [-0.3, -0.25) is 4.79 Å². The lowest BCUT2D eigenvalue weighted by Gasteiger charge is -2.21. The Morgan fingerprint density at radius 3 is 2.89 bits per heavy atom. The predicted octanol–water partition coefficient (Wildman–Crippen LogP) is 3.61. The van der Waals surface area contributed by atoms with Crippen LogP contribution in [0.1, 0.15) is 18.7 Å². The third kappa shape index (κ3) is 4.22. The van der Waals surface area contributed by atoms with Crippen LogP contribution < -0.4 is 4.90 Å². The number of hydrogen-bond donors (Lipinski definition) is 0. The van der Waals surface area contributed by atoms with Crippen LogP contribution in [0.2, 0.25) is 0 Å². The van der Waals surface area contributed by atoms with Gasteiger partial charge in [-0.15, -0.1) is 11.3 Å². The van der Waals surface area contributed by atoms with Crippen LogP contribution in [0, 0.1) is 5.82 Å². The van der Waals surface area contributed by atoms with E-state index in [0.717, 1.165) is 31.2 Å². The Bertz CT molecular complexity index is 928. The van der Waals surface area contributed by atoms with E-state index in [1.54, 1.807) is 35.7 Å². The molecule has 1 amide bonds. The molecular formula is C20H21FN4O2S. The number of anilines is 1. The van der Waals surface area contributed by atoms with E-state index in [1.807, 2.05) is 10.3 Å². The van der Waals surface area contributed by atoms with Gasteiger partial charge in [-0.1, -0.05) is 12.1 Å². The summed E-state index contributed by atoms with van der Waals surface area (Å²) >= 11 is 1.62. The van der Waals surface area contributed by atoms with Gasteiger partial charge in [-0.05, 0) is 18.6 Å². The first-order valence-electron chi connectivity index (χ1n) is 9.32. The van der Waals surface area contributed by atoms with E-state index in [0.29, 0.717) is 36.6 Å². The minimum atomic E-state index is -0.351. The Labute approximate surface area is 166 Å². The fourth-order valence-electron chi connectivity index (χ4n) is 3.31. The first-order chi connectivity index (χ1) is 13.7. The molecule has 6 nitrogen and oxygen atoms in total. The molecule has 1 aromatic carbocycles. The van der Waals surface area contributed by atoms with Crippen LogP contribution in [0.3, 0.4) is 0 Å². The first kappa shape index (κ1) is 18.6. The standard InChI is InChI=1S/C20H21FN4O2S/c21-16-5-2-1-4-15(16)17-14-23-18(27-17)6-7-19(26)24-9-3-10-25(12-11-24)20-22-8-13-28-20/h1-2,4-5,8,13-14H,3,6-7,9-12H2. The highest BCUT2D eigenvalue weighted by molar-refractivity contribution is 7.13. The molecule has 1 saturated heterocycles. The second-order valence-corrected chi connectivity index (χ2v) is 7.51. The molecule has 1 fully saturated rings. The van der Waals surface area contributed by atoms with Gasteiger partial charge in [0.1, 0.15) is 5.82 Å². The van der Waals surface area contributed by atoms with E-state index < -0.39 is 0 Å². The highest BCUT2D eigenvalue weighted by Crippen LogP contribution is 2.24. The van der Waals surface area contributed by atoms with E-state index in [2.05, 4.69) is 14.9 Å². The zero-order chi connectivity index (χ0) is 19.3. The van der Waals surface area contributed by atoms with Crippen molar-refractivity contribution < 1.29 is 13.6 Å². The Morgan fingerprint density at radius 1 is 1.18 bits per heavy atom. The molecule has 4 rings (SSSR count). The van der Waals surface area contributed by atoms with Crippen LogP contribution >= 0.6 is 11.3 Å². The molecule has 2 aromatic heterocycles. The molecular weight excluding hydrogens is 379 g/mol. The number of carbonyl (C=O) groups excluding carboxylic acids is 1. The van der Waals surface area contributed by atoms with Gasteiger partial charge < -0.3 is 14.2 Å². The number of hydrogen-bond acceptors (Lipinski definition) is 6. The van der Waals surface area contributed by atoms with Crippen LogP contribution in [-0.2, 0) is 11.2 Å². The van der Waals surface area contributed by atoms with E-state index in [4.69, 9.17) is 4.42 Å². The highest BCUT2D eigenvalue weighted by Gasteiger charge is 2.21. The number of oxazole rings is 1. The van der Waals surface area contributed by atoms with Crippen molar-refractivity contribution in [3.05, 3.63) is 53.7 Å². The van der Waals surface area contributed by atoms with Gasteiger partial charge in [-0.25, -0.2) is 14.4 Å². The molecule has 28 heavy (non-hydrogen) atoms. The number of thiazole rings is 1. The van der Waals surface area contributed by atoms with E-state index in [9.17, 15) is 9.18 Å². The molecule has 8 heteroatoms. The average molecular weight is 400 g/mol. The lowest BCUT2D eigenvalue weighted by Crippen LogP contribution is -2.35. The van der Waals surface area contributed by atoms with Gasteiger partial charge in [0.2, 0.25) is 5.91 Å². The van der Waals surface area contributed by atoms with Gasteiger partial charge >= 0.3 is 0 Å². The van der Waals surface area contributed by atoms with Gasteiger partial charge in [0.15, 0.2) is 16.8 Å². The molecule has 0 aliphatic carbocycles. The number of carbonyl (C=O) groups is 1. The van der Waals surface area contributed by atoms with E-state index in [1.165, 1.54) is 12.3 Å². The number of aromatic nitrogens is 2. The minimum absolute atomic E-state index is 0.0895. The van der Waals surface area contributed by atoms with Crippen molar-refractivity contribution in [1.82, 2.24) is 14.9 Å². The molecule has 1 aliphatic rings. The SMILES string of the molecule is O=C(CCc1ncc(-c2ccccc2F)o1)N1CCCN(c2nccs2)CC1. The van der Waals surface area contributed by atoms with Crippen molar-refractivity contribution in [2.45, 2.75) is 19.3 Å². The van der Waals surface area contributed by atoms with Crippen molar-refractivity contribution in [2.75, 3.05) is 31.1 Å². The maximum absolute atomic E-state index is 13.9. The number of benzene rings is 1. The molecule has 0 N–H and O–H groups in total. The van der Waals surface area contributed by atoms with E-state index >= 15 is 0 Å². The second-order valence-electron chi connectivity index (χ2n) is 6.63. The summed E-state index contributed by atoms with van der Waals surface area (Å²) in [5.41, 5.74) is 0.377. The summed E-state index contributed by atoms with van der Waals surface area (Å²) in [6.45, 7) is 3.12. The number of rotatable bonds is 5. The largest absolute Gasteiger partial charge is 0.441 e. The monoisotopic (exact) mass is 400 g/mol. The maximum Gasteiger partial charge on any atom is 0.223 e. The summed E-state index contributed by atoms with van der Waals surface area (Å²) < 4.78 is 19.5. The van der Waals surface area contributed by atoms with Gasteiger partial charge in [0.25, 0.3) is 0 Å². The summed E-state index contributed by atoms with van der Waals surface area (Å²) in [6.07, 6.45) is 4.96. The first-order valence-corrected chi connectivity index (χ1v) is 10.2. The smallest absolute Gasteiger partial charge is 0.223 e. The average Bonchev–Trinajstić information content (AvgIpc) is 3.34. The fourth-order valence-corrected chi connectivity index (χ4v) is 4.01. The number of amides is 1. The normalized spacial score (nSPS) is 14.9. The van der Waals surface area contributed by atoms with Crippen molar-refractivity contribution in [1.29, 1.82) is 0 Å². The summed E-state index contributed by atoms with van der Waals surface area (Å²) in [4.78, 5) is 25.3. The van der Waals surface area contributed by atoms with Crippen LogP contribution in [0.4, 0.5) is 9.52 Å². The van der Waals surface area contributed by atoms with Gasteiger partial charge in [0, 0.05) is 50.6 Å². The Hall–Kier alpha value is -2.74. The van der Waals surface area contributed by atoms with Gasteiger partial charge in [0.05, 0.1) is 11.8 Å². The summed E-state index contributed by atoms with van der Waals surface area (Å²) in [7, 11) is 0. The lowest BCUT2D eigenvalue weighted by molar-refractivity contribution is -0.131. The van der Waals surface area contributed by atoms with Crippen molar-refractivity contribution in [3.8, 4) is 11.3 Å². The summed E-state index contributed by atoms with van der Waals surface area (Å²) in [5, 5.41) is 2.98. The summed E-state index contributed by atoms with van der Waals surface area (Å²) in [6, 6.07) is 6.41. The Morgan fingerprint density at radius 2 is 2.07 bits per heavy atom. The molecule has 0 atom stereocenters. The number of nitrogens with zero attached hydrogens (tertiary/aromatic N) is 4. The van der Waals surface area contributed by atoms with Crippen molar-refractivity contribution in [2.24, 2.45) is 0 Å². The molecule has 0 spiro atoms. The maximum atomic E-state index is 13.9. The number of halogens is 1. The molecule has 0 unspecified atom stereocenters. The van der Waals surface area contributed by atoms with E-state index in [-0.39, 0.29) is 11.7 Å². The van der Waals surface area contributed by atoms with Crippen LogP contribution in [0.15, 0.2) is 46.5 Å². The third-order valence-corrected chi connectivity index (χ3v) is 5.62. The zero-order valence-electron chi connectivity index (χ0n) is 15.4. The predicted molar refractivity (Wildman–Crippen MR) is 106 cm³/mol. The lowest BCUT2D eigenvalue weighted by atomic mass is 10.2. The second kappa shape index (κ2) is 8.52. The van der Waals surface area contributed by atoms with Gasteiger partial charge in [-0.2, -0.15) is 0 Å². The van der Waals surface area contributed by atoms with Crippen LogP contribution in [0.25, 0.3) is 11.3 Å². The molecule has 146 valence electrons. The van der Waals surface area contributed by atoms with Crippen LogP contribution in [-0.4, -0.2) is 47.0 Å². The quantitative estimate of drug-likeness (QED) is 0.655.